The van der Waals surface area contributed by atoms with Gasteiger partial charge in [0.1, 0.15) is 29.0 Å². The lowest BCUT2D eigenvalue weighted by Gasteiger charge is -2.08. The maximum Gasteiger partial charge on any atom is 0.263 e. The lowest BCUT2D eigenvalue weighted by atomic mass is 10.1. The molecule has 2 aromatic carbocycles. The second-order valence-electron chi connectivity index (χ2n) is 5.62. The van der Waals surface area contributed by atoms with Crippen LogP contribution in [0.3, 0.4) is 0 Å². The number of halogens is 1. The third-order valence-corrected chi connectivity index (χ3v) is 3.99. The molecule has 4 aromatic rings. The van der Waals surface area contributed by atoms with Crippen molar-refractivity contribution >= 4 is 22.6 Å². The van der Waals surface area contributed by atoms with Crippen molar-refractivity contribution in [3.05, 3.63) is 66.2 Å². The number of nitrogens with one attached hydrogen (secondary N) is 1. The first kappa shape index (κ1) is 15.3. The zero-order chi connectivity index (χ0) is 17.2. The van der Waals surface area contributed by atoms with Gasteiger partial charge in [-0.1, -0.05) is 24.2 Å². The molecule has 0 aliphatic rings. The zero-order valence-corrected chi connectivity index (χ0v) is 13.5. The highest BCUT2D eigenvalue weighted by atomic mass is 19.1. The van der Waals surface area contributed by atoms with Gasteiger partial charge >= 0.3 is 0 Å². The van der Waals surface area contributed by atoms with Crippen molar-refractivity contribution in [3.63, 3.8) is 0 Å². The van der Waals surface area contributed by atoms with E-state index in [2.05, 4.69) is 39.5 Å². The Bertz CT molecular complexity index is 1030. The molecule has 0 saturated carbocycles. The summed E-state index contributed by atoms with van der Waals surface area (Å²) in [5, 5.41) is 8.06. The Morgan fingerprint density at radius 3 is 2.72 bits per heavy atom. The molecule has 2 heterocycles. The topological polar surface area (TPSA) is 63.8 Å². The second kappa shape index (κ2) is 6.32. The smallest absolute Gasteiger partial charge is 0.263 e. The number of hydrogen-bond acceptors (Lipinski definition) is 5. The van der Waals surface area contributed by atoms with E-state index in [1.54, 1.807) is 12.1 Å². The Morgan fingerprint density at radius 2 is 1.92 bits per heavy atom. The minimum absolute atomic E-state index is 0.303. The number of hydrogen-bond donors (Lipinski definition) is 1. The molecule has 0 amide bonds. The average Bonchev–Trinajstić information content (AvgIpc) is 3.08. The quantitative estimate of drug-likeness (QED) is 0.584. The molecule has 0 aliphatic heterocycles. The summed E-state index contributed by atoms with van der Waals surface area (Å²) >= 11 is 0. The van der Waals surface area contributed by atoms with E-state index < -0.39 is 0 Å². The number of anilines is 2. The van der Waals surface area contributed by atoms with E-state index in [-0.39, 0.29) is 5.82 Å². The van der Waals surface area contributed by atoms with Gasteiger partial charge in [-0.25, -0.2) is 9.37 Å². The maximum absolute atomic E-state index is 13.2. The predicted octanol–water partition coefficient (Wildman–Crippen LogP) is 4.73. The van der Waals surface area contributed by atoms with Gasteiger partial charge in [0.25, 0.3) is 5.71 Å². The fourth-order valence-corrected chi connectivity index (χ4v) is 2.69. The van der Waals surface area contributed by atoms with Gasteiger partial charge in [-0.2, -0.15) is 4.98 Å². The normalized spacial score (nSPS) is 11.0. The predicted molar refractivity (Wildman–Crippen MR) is 94.1 cm³/mol. The van der Waals surface area contributed by atoms with Crippen LogP contribution in [0.25, 0.3) is 22.4 Å². The molecule has 0 bridgehead atoms. The van der Waals surface area contributed by atoms with Crippen molar-refractivity contribution in [1.29, 1.82) is 0 Å². The lowest BCUT2D eigenvalue weighted by Crippen LogP contribution is -1.96. The van der Waals surface area contributed by atoms with Gasteiger partial charge in [-0.05, 0) is 48.4 Å². The molecule has 0 saturated heterocycles. The molecule has 0 unspecified atom stereocenters. The Kier molecular flexibility index (Phi) is 3.85. The number of rotatable bonds is 4. The standard InChI is InChI=1S/C19H15FN4O/c1-2-12-4-3-5-15(10-12)23-18-16-17(13-6-8-14(20)9-7-13)24-25-19(16)22-11-21-18/h3-11H,2H2,1H3,(H,21,22,23). The van der Waals surface area contributed by atoms with Gasteiger partial charge < -0.3 is 9.84 Å². The van der Waals surface area contributed by atoms with Crippen LogP contribution >= 0.6 is 0 Å². The summed E-state index contributed by atoms with van der Waals surface area (Å²) in [5.41, 5.74) is 3.83. The molecule has 0 aliphatic carbocycles. The van der Waals surface area contributed by atoms with Crippen LogP contribution in [0.2, 0.25) is 0 Å². The van der Waals surface area contributed by atoms with Crippen molar-refractivity contribution in [3.8, 4) is 11.3 Å². The van der Waals surface area contributed by atoms with Crippen LogP contribution in [0.5, 0.6) is 0 Å². The fraction of sp³-hybridized carbons (Fsp3) is 0.105. The third-order valence-electron chi connectivity index (χ3n) is 3.99. The van der Waals surface area contributed by atoms with Crippen molar-refractivity contribution in [1.82, 2.24) is 15.1 Å². The molecule has 0 radical (unpaired) electrons. The number of nitrogens with zero attached hydrogens (tertiary/aromatic N) is 3. The van der Waals surface area contributed by atoms with Crippen molar-refractivity contribution in [2.75, 3.05) is 5.32 Å². The molecule has 5 nitrogen and oxygen atoms in total. The van der Waals surface area contributed by atoms with Crippen LogP contribution in [0.1, 0.15) is 12.5 Å². The average molecular weight is 334 g/mol. The van der Waals surface area contributed by atoms with Crippen LogP contribution in [0, 0.1) is 5.82 Å². The molecule has 4 rings (SSSR count). The Morgan fingerprint density at radius 1 is 1.08 bits per heavy atom. The fourth-order valence-electron chi connectivity index (χ4n) is 2.69. The molecule has 0 fully saturated rings. The Labute approximate surface area is 143 Å². The highest BCUT2D eigenvalue weighted by Crippen LogP contribution is 2.32. The van der Waals surface area contributed by atoms with Crippen LogP contribution in [-0.4, -0.2) is 15.1 Å². The first-order valence-electron chi connectivity index (χ1n) is 7.97. The number of fused-ring (bicyclic) bond motifs is 1. The number of benzene rings is 2. The second-order valence-corrected chi connectivity index (χ2v) is 5.62. The maximum atomic E-state index is 13.2. The summed E-state index contributed by atoms with van der Waals surface area (Å²) < 4.78 is 18.5. The monoisotopic (exact) mass is 334 g/mol. The number of aromatic nitrogens is 3. The van der Waals surface area contributed by atoms with Crippen LogP contribution in [0.15, 0.2) is 59.4 Å². The van der Waals surface area contributed by atoms with Crippen LogP contribution in [-0.2, 0) is 6.42 Å². The molecule has 1 N–H and O–H groups in total. The Hall–Kier alpha value is -3.28. The summed E-state index contributed by atoms with van der Waals surface area (Å²) in [6.07, 6.45) is 2.37. The van der Waals surface area contributed by atoms with Crippen molar-refractivity contribution in [2.24, 2.45) is 0 Å². The molecule has 0 spiro atoms. The van der Waals surface area contributed by atoms with E-state index in [4.69, 9.17) is 4.52 Å². The van der Waals surface area contributed by atoms with Gasteiger partial charge in [0, 0.05) is 11.3 Å². The van der Waals surface area contributed by atoms with E-state index in [9.17, 15) is 4.39 Å². The van der Waals surface area contributed by atoms with Crippen LogP contribution in [0.4, 0.5) is 15.9 Å². The molecule has 6 heteroatoms. The molecule has 124 valence electrons. The van der Waals surface area contributed by atoms with E-state index in [1.807, 2.05) is 12.1 Å². The van der Waals surface area contributed by atoms with Crippen molar-refractivity contribution < 1.29 is 8.91 Å². The van der Waals surface area contributed by atoms with Crippen LogP contribution < -0.4 is 5.32 Å². The van der Waals surface area contributed by atoms with Crippen molar-refractivity contribution in [2.45, 2.75) is 13.3 Å². The minimum Gasteiger partial charge on any atom is -0.339 e. The summed E-state index contributed by atoms with van der Waals surface area (Å²) in [6, 6.07) is 14.2. The molecule has 25 heavy (non-hydrogen) atoms. The van der Waals surface area contributed by atoms with Gasteiger partial charge in [0.2, 0.25) is 0 Å². The van der Waals surface area contributed by atoms with E-state index >= 15 is 0 Å². The SMILES string of the molecule is CCc1cccc(Nc2ncnc3onc(-c4ccc(F)cc4)c23)c1. The lowest BCUT2D eigenvalue weighted by molar-refractivity contribution is 0.451. The first-order valence-corrected chi connectivity index (χ1v) is 7.97. The summed E-state index contributed by atoms with van der Waals surface area (Å²) in [5.74, 6) is 0.293. The molecule has 0 atom stereocenters. The summed E-state index contributed by atoms with van der Waals surface area (Å²) in [4.78, 5) is 8.46. The first-order chi connectivity index (χ1) is 12.2. The summed E-state index contributed by atoms with van der Waals surface area (Å²) in [7, 11) is 0. The molecular weight excluding hydrogens is 319 g/mol. The van der Waals surface area contributed by atoms with E-state index in [1.165, 1.54) is 24.0 Å². The largest absolute Gasteiger partial charge is 0.339 e. The zero-order valence-electron chi connectivity index (χ0n) is 13.5. The number of aryl methyl sites for hydroxylation is 1. The van der Waals surface area contributed by atoms with Gasteiger partial charge in [-0.15, -0.1) is 0 Å². The molecule has 2 aromatic heterocycles. The van der Waals surface area contributed by atoms with E-state index in [0.29, 0.717) is 22.6 Å². The molecular formula is C19H15FN4O. The minimum atomic E-state index is -0.303. The Balaban J connectivity index is 1.81. The van der Waals surface area contributed by atoms with Gasteiger partial charge in [0.05, 0.1) is 0 Å². The highest BCUT2D eigenvalue weighted by Gasteiger charge is 2.17. The van der Waals surface area contributed by atoms with Gasteiger partial charge in [0.15, 0.2) is 0 Å². The van der Waals surface area contributed by atoms with E-state index in [0.717, 1.165) is 17.7 Å². The third kappa shape index (κ3) is 2.94. The van der Waals surface area contributed by atoms with Gasteiger partial charge in [-0.3, -0.25) is 0 Å². The summed E-state index contributed by atoms with van der Waals surface area (Å²) in [6.45, 7) is 2.11. The highest BCUT2D eigenvalue weighted by molar-refractivity contribution is 5.98.